The zero-order valence-electron chi connectivity index (χ0n) is 10.2. The SMILES string of the molecule is CCCCN1CCN(C(C)C(=O)O)C(=O)C1=O. The molecule has 1 atom stereocenters. The summed E-state index contributed by atoms with van der Waals surface area (Å²) in [6.45, 7) is 4.70. The Labute approximate surface area is 100 Å². The summed E-state index contributed by atoms with van der Waals surface area (Å²) in [7, 11) is 0. The summed E-state index contributed by atoms with van der Waals surface area (Å²) < 4.78 is 0. The molecule has 1 aliphatic rings. The predicted molar refractivity (Wildman–Crippen MR) is 60.3 cm³/mol. The van der Waals surface area contributed by atoms with Crippen LogP contribution in [0.1, 0.15) is 26.7 Å². The van der Waals surface area contributed by atoms with Crippen molar-refractivity contribution in [3.05, 3.63) is 0 Å². The molecule has 0 bridgehead atoms. The summed E-state index contributed by atoms with van der Waals surface area (Å²) >= 11 is 0. The number of carboxylic acid groups (broad SMARTS) is 1. The van der Waals surface area contributed by atoms with E-state index in [4.69, 9.17) is 5.11 Å². The van der Waals surface area contributed by atoms with Gasteiger partial charge in [0.05, 0.1) is 0 Å². The van der Waals surface area contributed by atoms with Crippen LogP contribution in [0.2, 0.25) is 0 Å². The average Bonchev–Trinajstić information content (AvgIpc) is 2.30. The van der Waals surface area contributed by atoms with Gasteiger partial charge in [0.15, 0.2) is 0 Å². The Morgan fingerprint density at radius 1 is 1.35 bits per heavy atom. The van der Waals surface area contributed by atoms with E-state index in [1.165, 1.54) is 11.8 Å². The lowest BCUT2D eigenvalue weighted by atomic mass is 10.2. The van der Waals surface area contributed by atoms with Crippen LogP contribution < -0.4 is 0 Å². The highest BCUT2D eigenvalue weighted by molar-refractivity contribution is 6.35. The first-order valence-electron chi connectivity index (χ1n) is 5.81. The number of rotatable bonds is 5. The smallest absolute Gasteiger partial charge is 0.326 e. The fraction of sp³-hybridized carbons (Fsp3) is 0.727. The molecule has 6 heteroatoms. The minimum atomic E-state index is -1.09. The molecule has 17 heavy (non-hydrogen) atoms. The number of carbonyl (C=O) groups is 3. The Bertz CT molecular complexity index is 329. The van der Waals surface area contributed by atoms with Crippen molar-refractivity contribution in [3.8, 4) is 0 Å². The van der Waals surface area contributed by atoms with E-state index >= 15 is 0 Å². The number of hydrogen-bond donors (Lipinski definition) is 1. The first kappa shape index (κ1) is 13.5. The molecule has 1 fully saturated rings. The molecule has 1 saturated heterocycles. The summed E-state index contributed by atoms with van der Waals surface area (Å²) in [6.07, 6.45) is 1.81. The van der Waals surface area contributed by atoms with Crippen molar-refractivity contribution in [1.82, 2.24) is 9.80 Å². The highest BCUT2D eigenvalue weighted by Gasteiger charge is 2.36. The van der Waals surface area contributed by atoms with Crippen LogP contribution in [0.5, 0.6) is 0 Å². The van der Waals surface area contributed by atoms with Crippen LogP contribution in [0.3, 0.4) is 0 Å². The fourth-order valence-electron chi connectivity index (χ4n) is 1.75. The van der Waals surface area contributed by atoms with Crippen LogP contribution in [-0.4, -0.2) is 58.4 Å². The molecule has 0 saturated carbocycles. The normalized spacial score (nSPS) is 18.5. The van der Waals surface area contributed by atoms with E-state index in [0.717, 1.165) is 17.7 Å². The van der Waals surface area contributed by atoms with Gasteiger partial charge in [-0.1, -0.05) is 13.3 Å². The van der Waals surface area contributed by atoms with Crippen LogP contribution in [0.25, 0.3) is 0 Å². The van der Waals surface area contributed by atoms with Gasteiger partial charge in [-0.3, -0.25) is 9.59 Å². The van der Waals surface area contributed by atoms with Gasteiger partial charge >= 0.3 is 17.8 Å². The maximum Gasteiger partial charge on any atom is 0.326 e. The Hall–Kier alpha value is -1.59. The predicted octanol–water partition coefficient (Wildman–Crippen LogP) is -0.0696. The Balaban J connectivity index is 2.65. The zero-order valence-corrected chi connectivity index (χ0v) is 10.2. The molecular formula is C11H18N2O4. The van der Waals surface area contributed by atoms with Crippen molar-refractivity contribution < 1.29 is 19.5 Å². The summed E-state index contributed by atoms with van der Waals surface area (Å²) in [4.78, 5) is 36.8. The standard InChI is InChI=1S/C11H18N2O4/c1-3-4-5-12-6-7-13(8(2)11(16)17)10(15)9(12)14/h8H,3-7H2,1-2H3,(H,16,17). The molecule has 1 aliphatic heterocycles. The molecule has 6 nitrogen and oxygen atoms in total. The second-order valence-corrected chi connectivity index (χ2v) is 4.16. The quantitative estimate of drug-likeness (QED) is 0.684. The molecule has 0 aromatic heterocycles. The molecule has 0 aromatic rings. The molecule has 0 aromatic carbocycles. The van der Waals surface area contributed by atoms with E-state index < -0.39 is 23.8 Å². The van der Waals surface area contributed by atoms with E-state index in [1.54, 1.807) is 0 Å². The molecule has 1 unspecified atom stereocenters. The minimum Gasteiger partial charge on any atom is -0.480 e. The summed E-state index contributed by atoms with van der Waals surface area (Å²) in [5.74, 6) is -2.38. The number of nitrogens with zero attached hydrogens (tertiary/aromatic N) is 2. The maximum atomic E-state index is 11.7. The van der Waals surface area contributed by atoms with Crippen LogP contribution >= 0.6 is 0 Å². The van der Waals surface area contributed by atoms with Gasteiger partial charge in [-0.15, -0.1) is 0 Å². The van der Waals surface area contributed by atoms with E-state index in [9.17, 15) is 14.4 Å². The monoisotopic (exact) mass is 242 g/mol. The molecule has 1 rings (SSSR count). The average molecular weight is 242 g/mol. The molecule has 1 heterocycles. The van der Waals surface area contributed by atoms with Crippen molar-refractivity contribution in [2.75, 3.05) is 19.6 Å². The summed E-state index contributed by atoms with van der Waals surface area (Å²) in [5, 5.41) is 8.83. The van der Waals surface area contributed by atoms with Crippen LogP contribution in [0, 0.1) is 0 Å². The summed E-state index contributed by atoms with van der Waals surface area (Å²) in [6, 6.07) is -0.945. The van der Waals surface area contributed by atoms with Crippen molar-refractivity contribution in [2.24, 2.45) is 0 Å². The number of unbranched alkanes of at least 4 members (excludes halogenated alkanes) is 1. The highest BCUT2D eigenvalue weighted by Crippen LogP contribution is 2.10. The molecule has 2 amide bonds. The molecule has 0 aliphatic carbocycles. The van der Waals surface area contributed by atoms with Crippen LogP contribution in [0.4, 0.5) is 0 Å². The second kappa shape index (κ2) is 5.65. The molecule has 1 N–H and O–H groups in total. The molecule has 0 radical (unpaired) electrons. The number of carbonyl (C=O) groups excluding carboxylic acids is 2. The van der Waals surface area contributed by atoms with E-state index in [1.807, 2.05) is 6.92 Å². The van der Waals surface area contributed by atoms with Gasteiger partial charge in [0, 0.05) is 19.6 Å². The van der Waals surface area contributed by atoms with Gasteiger partial charge in [0.25, 0.3) is 0 Å². The lowest BCUT2D eigenvalue weighted by molar-refractivity contribution is -0.161. The number of hydrogen-bond acceptors (Lipinski definition) is 3. The van der Waals surface area contributed by atoms with Gasteiger partial charge < -0.3 is 14.9 Å². The molecule has 96 valence electrons. The topological polar surface area (TPSA) is 77.9 Å². The Morgan fingerprint density at radius 3 is 2.53 bits per heavy atom. The Kier molecular flexibility index (Phi) is 4.48. The van der Waals surface area contributed by atoms with Crippen molar-refractivity contribution in [3.63, 3.8) is 0 Å². The van der Waals surface area contributed by atoms with Gasteiger partial charge in [-0.05, 0) is 13.3 Å². The van der Waals surface area contributed by atoms with Crippen molar-refractivity contribution in [2.45, 2.75) is 32.7 Å². The van der Waals surface area contributed by atoms with Gasteiger partial charge in [-0.2, -0.15) is 0 Å². The minimum absolute atomic E-state index is 0.293. The molecule has 0 spiro atoms. The number of carboxylic acids is 1. The van der Waals surface area contributed by atoms with Gasteiger partial charge in [0.2, 0.25) is 0 Å². The fourth-order valence-corrected chi connectivity index (χ4v) is 1.75. The van der Waals surface area contributed by atoms with E-state index in [2.05, 4.69) is 0 Å². The highest BCUT2D eigenvalue weighted by atomic mass is 16.4. The lowest BCUT2D eigenvalue weighted by Crippen LogP contribution is -2.58. The van der Waals surface area contributed by atoms with Crippen molar-refractivity contribution >= 4 is 17.8 Å². The molecular weight excluding hydrogens is 224 g/mol. The zero-order chi connectivity index (χ0) is 13.0. The number of piperazine rings is 1. The van der Waals surface area contributed by atoms with E-state index in [0.29, 0.717) is 19.6 Å². The first-order valence-corrected chi connectivity index (χ1v) is 5.81. The maximum absolute atomic E-state index is 11.7. The van der Waals surface area contributed by atoms with Crippen LogP contribution in [-0.2, 0) is 14.4 Å². The number of aliphatic carboxylic acids is 1. The third-order valence-electron chi connectivity index (χ3n) is 2.95. The van der Waals surface area contributed by atoms with Crippen molar-refractivity contribution in [1.29, 1.82) is 0 Å². The summed E-state index contributed by atoms with van der Waals surface area (Å²) in [5.41, 5.74) is 0. The Morgan fingerprint density at radius 2 is 2.00 bits per heavy atom. The lowest BCUT2D eigenvalue weighted by Gasteiger charge is -2.35. The van der Waals surface area contributed by atoms with Crippen LogP contribution in [0.15, 0.2) is 0 Å². The third-order valence-corrected chi connectivity index (χ3v) is 2.95. The van der Waals surface area contributed by atoms with Gasteiger partial charge in [0.1, 0.15) is 6.04 Å². The van der Waals surface area contributed by atoms with Gasteiger partial charge in [-0.25, -0.2) is 4.79 Å². The van der Waals surface area contributed by atoms with E-state index in [-0.39, 0.29) is 0 Å². The first-order chi connectivity index (χ1) is 7.99. The number of amides is 2. The second-order valence-electron chi connectivity index (χ2n) is 4.16. The third kappa shape index (κ3) is 2.95. The largest absolute Gasteiger partial charge is 0.480 e.